The van der Waals surface area contributed by atoms with Gasteiger partial charge in [-0.2, -0.15) is 18.2 Å². The lowest BCUT2D eigenvalue weighted by Crippen LogP contribution is -2.33. The molecule has 9 heteroatoms. The smallest absolute Gasteiger partial charge is 0.330 e. The van der Waals surface area contributed by atoms with Crippen LogP contribution in [0.25, 0.3) is 0 Å². The quantitative estimate of drug-likeness (QED) is 0.823. The molecule has 5 nitrogen and oxygen atoms in total. The fraction of sp³-hybridized carbons (Fsp3) is 0.250. The second-order valence-corrected chi connectivity index (χ2v) is 6.30. The van der Waals surface area contributed by atoms with Gasteiger partial charge in [0.15, 0.2) is 0 Å². The Labute approximate surface area is 145 Å². The van der Waals surface area contributed by atoms with Gasteiger partial charge in [0.25, 0.3) is 0 Å². The minimum absolute atomic E-state index is 0.143. The van der Waals surface area contributed by atoms with E-state index in [0.29, 0.717) is 17.0 Å². The lowest BCUT2D eigenvalue weighted by atomic mass is 10.1. The first-order valence-electron chi connectivity index (χ1n) is 7.33. The monoisotopic (exact) mass is 370 g/mol. The van der Waals surface area contributed by atoms with Crippen LogP contribution < -0.4 is 0 Å². The Balaban J connectivity index is 1.59. The van der Waals surface area contributed by atoms with Gasteiger partial charge in [0.2, 0.25) is 0 Å². The van der Waals surface area contributed by atoms with E-state index in [1.807, 2.05) is 0 Å². The Hall–Kier alpha value is -2.55. The lowest BCUT2D eigenvalue weighted by Gasteiger charge is -2.17. The number of carbonyl (C=O) groups is 2. The molecule has 132 valence electrons. The Bertz CT molecular complexity index is 760. The SMILES string of the molecule is O=C(ON1CCN(Cc2ccc(C(F)(F)F)cc2)C1=O)c1cccs1. The molecule has 0 bridgehead atoms. The van der Waals surface area contributed by atoms with Crippen molar-refractivity contribution in [3.8, 4) is 0 Å². The topological polar surface area (TPSA) is 49.9 Å². The van der Waals surface area contributed by atoms with E-state index in [2.05, 4.69) is 0 Å². The number of halogens is 3. The van der Waals surface area contributed by atoms with Crippen molar-refractivity contribution in [2.45, 2.75) is 12.7 Å². The fourth-order valence-corrected chi connectivity index (χ4v) is 2.95. The number of hydroxylamine groups is 2. The maximum Gasteiger partial charge on any atom is 0.416 e. The van der Waals surface area contributed by atoms with Crippen LogP contribution in [0.5, 0.6) is 0 Å². The predicted molar refractivity (Wildman–Crippen MR) is 83.7 cm³/mol. The lowest BCUT2D eigenvalue weighted by molar-refractivity contribution is -0.137. The number of nitrogens with zero attached hydrogens (tertiary/aromatic N) is 2. The molecule has 2 amide bonds. The molecule has 25 heavy (non-hydrogen) atoms. The highest BCUT2D eigenvalue weighted by molar-refractivity contribution is 7.11. The van der Waals surface area contributed by atoms with E-state index in [1.165, 1.54) is 28.4 Å². The molecule has 0 saturated carbocycles. The zero-order valence-electron chi connectivity index (χ0n) is 12.8. The molecule has 1 aliphatic rings. The average molecular weight is 370 g/mol. The Kier molecular flexibility index (Phi) is 4.67. The maximum atomic E-state index is 12.6. The van der Waals surface area contributed by atoms with E-state index < -0.39 is 23.7 Å². The molecule has 1 aliphatic heterocycles. The maximum absolute atomic E-state index is 12.6. The Morgan fingerprint density at radius 1 is 1.16 bits per heavy atom. The predicted octanol–water partition coefficient (Wildman–Crippen LogP) is 3.78. The van der Waals surface area contributed by atoms with E-state index in [1.54, 1.807) is 17.5 Å². The third kappa shape index (κ3) is 3.93. The van der Waals surface area contributed by atoms with Crippen molar-refractivity contribution in [2.24, 2.45) is 0 Å². The molecule has 1 fully saturated rings. The molecule has 1 aromatic carbocycles. The summed E-state index contributed by atoms with van der Waals surface area (Å²) in [6.45, 7) is 0.665. The van der Waals surface area contributed by atoms with Gasteiger partial charge in [-0.05, 0) is 29.1 Å². The minimum Gasteiger partial charge on any atom is -0.330 e. The number of amides is 2. The highest BCUT2D eigenvalue weighted by atomic mass is 32.1. The number of urea groups is 1. The highest BCUT2D eigenvalue weighted by Gasteiger charge is 2.33. The largest absolute Gasteiger partial charge is 0.416 e. The first kappa shape index (κ1) is 17.3. The molecule has 1 aromatic heterocycles. The average Bonchev–Trinajstić information content (AvgIpc) is 3.20. The molecular formula is C16H13F3N2O3S. The standard InChI is InChI=1S/C16H13F3N2O3S/c17-16(18,19)12-5-3-11(4-6-12)10-20-7-8-21(15(20)23)24-14(22)13-2-1-9-25-13/h1-6,9H,7-8,10H2. The summed E-state index contributed by atoms with van der Waals surface area (Å²) < 4.78 is 37.7. The second-order valence-electron chi connectivity index (χ2n) is 5.36. The van der Waals surface area contributed by atoms with Crippen molar-refractivity contribution >= 4 is 23.3 Å². The highest BCUT2D eigenvalue weighted by Crippen LogP contribution is 2.29. The number of thiophene rings is 1. The van der Waals surface area contributed by atoms with Gasteiger partial charge >= 0.3 is 18.2 Å². The summed E-state index contributed by atoms with van der Waals surface area (Å²) in [5, 5.41) is 2.69. The van der Waals surface area contributed by atoms with E-state index in [4.69, 9.17) is 4.84 Å². The number of carbonyl (C=O) groups excluding carboxylic acids is 2. The molecule has 2 heterocycles. The van der Waals surface area contributed by atoms with Crippen LogP contribution in [0.15, 0.2) is 41.8 Å². The summed E-state index contributed by atoms with van der Waals surface area (Å²) in [5.41, 5.74) is -0.178. The van der Waals surface area contributed by atoms with Crippen molar-refractivity contribution < 1.29 is 27.6 Å². The fourth-order valence-electron chi connectivity index (χ4n) is 2.35. The van der Waals surface area contributed by atoms with Crippen LogP contribution in [0.3, 0.4) is 0 Å². The third-order valence-electron chi connectivity index (χ3n) is 3.63. The Morgan fingerprint density at radius 2 is 1.88 bits per heavy atom. The molecule has 0 radical (unpaired) electrons. The van der Waals surface area contributed by atoms with Gasteiger partial charge in [0.1, 0.15) is 4.88 Å². The summed E-state index contributed by atoms with van der Waals surface area (Å²) in [6.07, 6.45) is -4.39. The van der Waals surface area contributed by atoms with Gasteiger partial charge in [0, 0.05) is 13.1 Å². The van der Waals surface area contributed by atoms with E-state index in [-0.39, 0.29) is 13.1 Å². The molecule has 0 N–H and O–H groups in total. The third-order valence-corrected chi connectivity index (χ3v) is 4.48. The molecule has 0 atom stereocenters. The molecule has 1 saturated heterocycles. The molecule has 2 aromatic rings. The zero-order valence-corrected chi connectivity index (χ0v) is 13.6. The Morgan fingerprint density at radius 3 is 2.48 bits per heavy atom. The number of benzene rings is 1. The van der Waals surface area contributed by atoms with Gasteiger partial charge in [-0.25, -0.2) is 9.59 Å². The van der Waals surface area contributed by atoms with Gasteiger partial charge in [-0.1, -0.05) is 18.2 Å². The van der Waals surface area contributed by atoms with Crippen LogP contribution >= 0.6 is 11.3 Å². The van der Waals surface area contributed by atoms with Crippen LogP contribution in [-0.2, 0) is 17.6 Å². The van der Waals surface area contributed by atoms with Gasteiger partial charge in [-0.3, -0.25) is 0 Å². The second kappa shape index (κ2) is 6.75. The molecule has 0 aliphatic carbocycles. The van der Waals surface area contributed by atoms with Crippen LogP contribution in [-0.4, -0.2) is 35.1 Å². The summed E-state index contributed by atoms with van der Waals surface area (Å²) >= 11 is 1.20. The van der Waals surface area contributed by atoms with Crippen molar-refractivity contribution in [3.63, 3.8) is 0 Å². The van der Waals surface area contributed by atoms with E-state index in [0.717, 1.165) is 17.2 Å². The molecular weight excluding hydrogens is 357 g/mol. The summed E-state index contributed by atoms with van der Waals surface area (Å²) in [7, 11) is 0. The van der Waals surface area contributed by atoms with Crippen molar-refractivity contribution in [1.29, 1.82) is 0 Å². The molecule has 0 unspecified atom stereocenters. The summed E-state index contributed by atoms with van der Waals surface area (Å²) in [6, 6.07) is 7.41. The van der Waals surface area contributed by atoms with E-state index >= 15 is 0 Å². The van der Waals surface area contributed by atoms with Crippen LogP contribution in [0.2, 0.25) is 0 Å². The number of hydrogen-bond acceptors (Lipinski definition) is 4. The van der Waals surface area contributed by atoms with Crippen LogP contribution in [0.4, 0.5) is 18.0 Å². The van der Waals surface area contributed by atoms with Crippen molar-refractivity contribution in [3.05, 3.63) is 57.8 Å². The first-order chi connectivity index (χ1) is 11.8. The van der Waals surface area contributed by atoms with E-state index in [9.17, 15) is 22.8 Å². The van der Waals surface area contributed by atoms with Crippen molar-refractivity contribution in [2.75, 3.05) is 13.1 Å². The molecule has 0 spiro atoms. The number of hydrogen-bond donors (Lipinski definition) is 0. The van der Waals surface area contributed by atoms with Crippen LogP contribution in [0, 0.1) is 0 Å². The van der Waals surface area contributed by atoms with Gasteiger partial charge in [-0.15, -0.1) is 11.3 Å². The minimum atomic E-state index is -4.39. The summed E-state index contributed by atoms with van der Waals surface area (Å²) in [4.78, 5) is 31.0. The van der Waals surface area contributed by atoms with Gasteiger partial charge < -0.3 is 9.74 Å². The van der Waals surface area contributed by atoms with Gasteiger partial charge in [0.05, 0.1) is 12.1 Å². The normalized spacial score (nSPS) is 14.9. The molecule has 3 rings (SSSR count). The van der Waals surface area contributed by atoms with Crippen molar-refractivity contribution in [1.82, 2.24) is 9.96 Å². The number of rotatable bonds is 4. The summed E-state index contributed by atoms with van der Waals surface area (Å²) in [5.74, 6) is -0.611. The van der Waals surface area contributed by atoms with Crippen LogP contribution in [0.1, 0.15) is 20.8 Å². The first-order valence-corrected chi connectivity index (χ1v) is 8.21. The zero-order chi connectivity index (χ0) is 18.0. The number of alkyl halides is 3.